The minimum atomic E-state index is 0.0954. The number of benzene rings is 2. The molecule has 0 aliphatic carbocycles. The average molecular weight is 301 g/mol. The summed E-state index contributed by atoms with van der Waals surface area (Å²) in [6, 6.07) is 15.4. The van der Waals surface area contributed by atoms with E-state index in [1.54, 1.807) is 0 Å². The molecule has 1 heterocycles. The van der Waals surface area contributed by atoms with E-state index in [9.17, 15) is 4.79 Å². The van der Waals surface area contributed by atoms with Crippen LogP contribution in [-0.2, 0) is 6.54 Å². The predicted molar refractivity (Wildman–Crippen MR) is 84.4 cm³/mol. The van der Waals surface area contributed by atoms with Gasteiger partial charge in [-0.3, -0.25) is 4.79 Å². The summed E-state index contributed by atoms with van der Waals surface area (Å²) >= 11 is 5.92. The van der Waals surface area contributed by atoms with E-state index in [2.05, 4.69) is 0 Å². The van der Waals surface area contributed by atoms with Crippen LogP contribution in [-0.4, -0.2) is 23.9 Å². The number of halogens is 1. The molecule has 3 rings (SSSR count). The highest BCUT2D eigenvalue weighted by atomic mass is 35.5. The number of hydrogen-bond acceptors (Lipinski definition) is 2. The van der Waals surface area contributed by atoms with Crippen LogP contribution in [0.15, 0.2) is 48.5 Å². The molecule has 1 aliphatic heterocycles. The summed E-state index contributed by atoms with van der Waals surface area (Å²) in [6.45, 7) is 1.80. The Bertz CT molecular complexity index is 654. The molecule has 0 radical (unpaired) electrons. The van der Waals surface area contributed by atoms with Crippen LogP contribution in [0.2, 0.25) is 5.02 Å². The van der Waals surface area contributed by atoms with Gasteiger partial charge in [-0.05, 0) is 29.3 Å². The van der Waals surface area contributed by atoms with Gasteiger partial charge < -0.3 is 10.6 Å². The van der Waals surface area contributed by atoms with Crippen LogP contribution in [0.25, 0.3) is 0 Å². The van der Waals surface area contributed by atoms with E-state index in [1.807, 2.05) is 53.4 Å². The van der Waals surface area contributed by atoms with E-state index in [4.69, 9.17) is 17.3 Å². The van der Waals surface area contributed by atoms with Gasteiger partial charge in [-0.1, -0.05) is 41.9 Å². The summed E-state index contributed by atoms with van der Waals surface area (Å²) < 4.78 is 0. The van der Waals surface area contributed by atoms with E-state index in [1.165, 1.54) is 0 Å². The molecule has 0 fully saturated rings. The number of amides is 1. The lowest BCUT2D eigenvalue weighted by atomic mass is 9.99. The van der Waals surface area contributed by atoms with Gasteiger partial charge in [-0.15, -0.1) is 0 Å². The van der Waals surface area contributed by atoms with Crippen molar-refractivity contribution in [2.75, 3.05) is 13.1 Å². The summed E-state index contributed by atoms with van der Waals surface area (Å²) in [4.78, 5) is 14.3. The SMILES string of the molecule is NCC(CN1Cc2ccccc2C1=O)c1ccc(Cl)cc1. The fraction of sp³-hybridized carbons (Fsp3) is 0.235. The fourth-order valence-electron chi connectivity index (χ4n) is 2.78. The lowest BCUT2D eigenvalue weighted by Gasteiger charge is -2.23. The Labute approximate surface area is 129 Å². The van der Waals surface area contributed by atoms with Gasteiger partial charge in [-0.2, -0.15) is 0 Å². The molecule has 0 aromatic heterocycles. The minimum absolute atomic E-state index is 0.0954. The average Bonchev–Trinajstić information content (AvgIpc) is 2.83. The molecule has 0 spiro atoms. The van der Waals surface area contributed by atoms with Gasteiger partial charge in [0.2, 0.25) is 0 Å². The Balaban J connectivity index is 1.77. The summed E-state index contributed by atoms with van der Waals surface area (Å²) in [7, 11) is 0. The first-order valence-electron chi connectivity index (χ1n) is 7.01. The first kappa shape index (κ1) is 14.1. The Kier molecular flexibility index (Phi) is 3.95. The molecule has 0 bridgehead atoms. The van der Waals surface area contributed by atoms with Gasteiger partial charge >= 0.3 is 0 Å². The number of nitrogens with two attached hydrogens (primary N) is 1. The highest BCUT2D eigenvalue weighted by Crippen LogP contribution is 2.26. The first-order valence-corrected chi connectivity index (χ1v) is 7.39. The molecule has 1 amide bonds. The summed E-state index contributed by atoms with van der Waals surface area (Å²) in [5.41, 5.74) is 8.92. The molecule has 1 unspecified atom stereocenters. The maximum Gasteiger partial charge on any atom is 0.254 e. The highest BCUT2D eigenvalue weighted by Gasteiger charge is 2.28. The third-order valence-electron chi connectivity index (χ3n) is 3.96. The molecular weight excluding hydrogens is 284 g/mol. The zero-order valence-corrected chi connectivity index (χ0v) is 12.4. The fourth-order valence-corrected chi connectivity index (χ4v) is 2.91. The minimum Gasteiger partial charge on any atom is -0.334 e. The number of fused-ring (bicyclic) bond motifs is 1. The zero-order valence-electron chi connectivity index (χ0n) is 11.6. The van der Waals surface area contributed by atoms with Gasteiger partial charge in [0.25, 0.3) is 5.91 Å². The summed E-state index contributed by atoms with van der Waals surface area (Å²) in [6.07, 6.45) is 0. The monoisotopic (exact) mass is 300 g/mol. The lowest BCUT2D eigenvalue weighted by Crippen LogP contribution is -2.32. The molecular formula is C17H17ClN2O. The number of nitrogens with zero attached hydrogens (tertiary/aromatic N) is 1. The molecule has 0 saturated heterocycles. The quantitative estimate of drug-likeness (QED) is 0.943. The van der Waals surface area contributed by atoms with Crippen LogP contribution in [0.3, 0.4) is 0 Å². The first-order chi connectivity index (χ1) is 10.2. The van der Waals surface area contributed by atoms with Gasteiger partial charge in [0, 0.05) is 36.1 Å². The normalized spacial score (nSPS) is 15.1. The largest absolute Gasteiger partial charge is 0.334 e. The molecule has 4 heteroatoms. The molecule has 2 aromatic carbocycles. The van der Waals surface area contributed by atoms with Crippen molar-refractivity contribution in [1.82, 2.24) is 4.90 Å². The smallest absolute Gasteiger partial charge is 0.254 e. The van der Waals surface area contributed by atoms with Crippen molar-refractivity contribution in [2.45, 2.75) is 12.5 Å². The van der Waals surface area contributed by atoms with Crippen molar-refractivity contribution in [1.29, 1.82) is 0 Å². The summed E-state index contributed by atoms with van der Waals surface area (Å²) in [5, 5.41) is 0.708. The van der Waals surface area contributed by atoms with Gasteiger partial charge in [0.15, 0.2) is 0 Å². The van der Waals surface area contributed by atoms with Crippen molar-refractivity contribution in [3.8, 4) is 0 Å². The van der Waals surface area contributed by atoms with Crippen molar-refractivity contribution in [2.24, 2.45) is 5.73 Å². The van der Waals surface area contributed by atoms with Crippen molar-refractivity contribution in [3.05, 3.63) is 70.2 Å². The van der Waals surface area contributed by atoms with E-state index >= 15 is 0 Å². The highest BCUT2D eigenvalue weighted by molar-refractivity contribution is 6.30. The molecule has 2 N–H and O–H groups in total. The zero-order chi connectivity index (χ0) is 14.8. The third kappa shape index (κ3) is 2.80. The third-order valence-corrected chi connectivity index (χ3v) is 4.21. The molecule has 21 heavy (non-hydrogen) atoms. The molecule has 0 saturated carbocycles. The number of carbonyl (C=O) groups excluding carboxylic acids is 1. The van der Waals surface area contributed by atoms with E-state index in [-0.39, 0.29) is 11.8 Å². The van der Waals surface area contributed by atoms with Gasteiger partial charge in [0.05, 0.1) is 0 Å². The number of carbonyl (C=O) groups is 1. The number of hydrogen-bond donors (Lipinski definition) is 1. The van der Waals surface area contributed by atoms with Crippen LogP contribution in [0.5, 0.6) is 0 Å². The van der Waals surface area contributed by atoms with E-state index in [0.717, 1.165) is 16.7 Å². The standard InChI is InChI=1S/C17H17ClN2O/c18-15-7-5-12(6-8-15)14(9-19)11-20-10-13-3-1-2-4-16(13)17(20)21/h1-8,14H,9-11,19H2. The maximum atomic E-state index is 12.4. The topological polar surface area (TPSA) is 46.3 Å². The Morgan fingerprint density at radius 2 is 1.86 bits per heavy atom. The molecule has 108 valence electrons. The Morgan fingerprint density at radius 1 is 1.14 bits per heavy atom. The Hall–Kier alpha value is -1.84. The second-order valence-corrected chi connectivity index (χ2v) is 5.76. The van der Waals surface area contributed by atoms with Crippen molar-refractivity contribution in [3.63, 3.8) is 0 Å². The Morgan fingerprint density at radius 3 is 2.52 bits per heavy atom. The lowest BCUT2D eigenvalue weighted by molar-refractivity contribution is 0.0769. The molecule has 2 aromatic rings. The summed E-state index contributed by atoms with van der Waals surface area (Å²) in [5.74, 6) is 0.221. The van der Waals surface area contributed by atoms with Gasteiger partial charge in [-0.25, -0.2) is 0 Å². The van der Waals surface area contributed by atoms with E-state index < -0.39 is 0 Å². The second-order valence-electron chi connectivity index (χ2n) is 5.33. The van der Waals surface area contributed by atoms with Crippen LogP contribution >= 0.6 is 11.6 Å². The molecule has 1 atom stereocenters. The maximum absolute atomic E-state index is 12.4. The van der Waals surface area contributed by atoms with Crippen LogP contribution in [0.4, 0.5) is 0 Å². The van der Waals surface area contributed by atoms with Crippen molar-refractivity contribution >= 4 is 17.5 Å². The van der Waals surface area contributed by atoms with Crippen LogP contribution in [0, 0.1) is 0 Å². The molecule has 3 nitrogen and oxygen atoms in total. The van der Waals surface area contributed by atoms with Crippen LogP contribution in [0.1, 0.15) is 27.4 Å². The second kappa shape index (κ2) is 5.88. The predicted octanol–water partition coefficient (Wildman–Crippen LogP) is 3.04. The molecule has 1 aliphatic rings. The van der Waals surface area contributed by atoms with E-state index in [0.29, 0.717) is 24.7 Å². The van der Waals surface area contributed by atoms with Gasteiger partial charge in [0.1, 0.15) is 0 Å². The van der Waals surface area contributed by atoms with Crippen LogP contribution < -0.4 is 5.73 Å². The van der Waals surface area contributed by atoms with Crippen molar-refractivity contribution < 1.29 is 4.79 Å². The number of rotatable bonds is 4.